The Balaban J connectivity index is 1.42. The van der Waals surface area contributed by atoms with Crippen LogP contribution < -0.4 is 21.6 Å². The molecule has 0 bridgehead atoms. The van der Waals surface area contributed by atoms with Gasteiger partial charge in [-0.1, -0.05) is 140 Å². The van der Waals surface area contributed by atoms with E-state index < -0.39 is 0 Å². The molecule has 2 nitrogen and oxygen atoms in total. The number of hydrogen-bond donors (Lipinski definition) is 1. The lowest BCUT2D eigenvalue weighted by Crippen LogP contribution is -2.28. The molecular weight excluding hydrogens is 686 g/mol. The SMILES string of the molecule is [B]c1ccc(N(c2cc(C)cc(-c3cc(C4=CCCCC4)ccc3N)c2C2=CC=C(C)CC2)c2c([B])ccc3c2C(C)(C)c2ccccc2-3)c(-c2ccccc2)c1. The van der Waals surface area contributed by atoms with Crippen molar-refractivity contribution in [3.8, 4) is 33.4 Å². The van der Waals surface area contributed by atoms with Crippen molar-refractivity contribution in [3.05, 3.63) is 167 Å². The molecule has 0 saturated heterocycles. The Labute approximate surface area is 341 Å². The normalized spacial score (nSPS) is 15.6. The lowest BCUT2D eigenvalue weighted by Gasteiger charge is -2.37. The molecule has 3 aliphatic carbocycles. The van der Waals surface area contributed by atoms with Crippen LogP contribution in [0.15, 0.2) is 139 Å². The molecule has 4 heteroatoms. The molecule has 3 aliphatic rings. The first-order valence-corrected chi connectivity index (χ1v) is 20.5. The van der Waals surface area contributed by atoms with Gasteiger partial charge in [0.25, 0.3) is 0 Å². The van der Waals surface area contributed by atoms with Gasteiger partial charge in [-0.05, 0) is 132 Å². The Kier molecular flexibility index (Phi) is 9.48. The fraction of sp³-hybridized carbons (Fsp3) is 0.208. The minimum atomic E-state index is -0.334. The summed E-state index contributed by atoms with van der Waals surface area (Å²) in [6.07, 6.45) is 13.6. The summed E-state index contributed by atoms with van der Waals surface area (Å²) in [5.41, 5.74) is 29.0. The van der Waals surface area contributed by atoms with Gasteiger partial charge in [-0.25, -0.2) is 0 Å². The van der Waals surface area contributed by atoms with Crippen LogP contribution in [0, 0.1) is 6.92 Å². The third-order valence-electron chi connectivity index (χ3n) is 12.5. The average molecular weight is 735 g/mol. The van der Waals surface area contributed by atoms with Gasteiger partial charge in [-0.2, -0.15) is 0 Å². The number of nitrogens with zero attached hydrogens (tertiary/aromatic N) is 1. The maximum Gasteiger partial charge on any atom is 0.116 e. The first-order chi connectivity index (χ1) is 27.6. The second-order valence-corrected chi connectivity index (χ2v) is 16.8. The highest BCUT2D eigenvalue weighted by molar-refractivity contribution is 6.37. The molecule has 0 atom stereocenters. The van der Waals surface area contributed by atoms with E-state index in [9.17, 15) is 0 Å². The first-order valence-electron chi connectivity index (χ1n) is 20.5. The van der Waals surface area contributed by atoms with Gasteiger partial charge in [0.1, 0.15) is 15.7 Å². The van der Waals surface area contributed by atoms with Gasteiger partial charge in [0, 0.05) is 33.5 Å². The molecule has 276 valence electrons. The molecule has 0 heterocycles. The summed E-state index contributed by atoms with van der Waals surface area (Å²) in [5, 5.41) is 0. The van der Waals surface area contributed by atoms with Crippen LogP contribution in [0.4, 0.5) is 22.7 Å². The monoisotopic (exact) mass is 734 g/mol. The van der Waals surface area contributed by atoms with Crippen molar-refractivity contribution >= 4 is 60.5 Å². The van der Waals surface area contributed by atoms with Crippen molar-refractivity contribution in [2.75, 3.05) is 10.6 Å². The topological polar surface area (TPSA) is 29.3 Å². The zero-order valence-electron chi connectivity index (χ0n) is 33.6. The van der Waals surface area contributed by atoms with Gasteiger partial charge in [0.2, 0.25) is 0 Å². The Morgan fingerprint density at radius 3 is 2.19 bits per heavy atom. The Bertz CT molecular complexity index is 2660. The predicted octanol–water partition coefficient (Wildman–Crippen LogP) is 12.4. The smallest absolute Gasteiger partial charge is 0.116 e. The molecule has 0 aromatic heterocycles. The maximum absolute atomic E-state index is 7.39. The van der Waals surface area contributed by atoms with Gasteiger partial charge in [0.15, 0.2) is 0 Å². The number of anilines is 4. The van der Waals surface area contributed by atoms with Crippen LogP contribution in [0.25, 0.3) is 44.5 Å². The van der Waals surface area contributed by atoms with Gasteiger partial charge in [-0.15, -0.1) is 0 Å². The lowest BCUT2D eigenvalue weighted by molar-refractivity contribution is 0.661. The summed E-state index contributed by atoms with van der Waals surface area (Å²) < 4.78 is 0. The Morgan fingerprint density at radius 2 is 1.42 bits per heavy atom. The van der Waals surface area contributed by atoms with Crippen molar-refractivity contribution < 1.29 is 0 Å². The Morgan fingerprint density at radius 1 is 0.614 bits per heavy atom. The minimum Gasteiger partial charge on any atom is -0.398 e. The van der Waals surface area contributed by atoms with Gasteiger partial charge < -0.3 is 10.6 Å². The van der Waals surface area contributed by atoms with Crippen LogP contribution in [0.3, 0.4) is 0 Å². The molecule has 57 heavy (non-hydrogen) atoms. The summed E-state index contributed by atoms with van der Waals surface area (Å²) in [4.78, 5) is 2.46. The van der Waals surface area contributed by atoms with Crippen molar-refractivity contribution in [3.63, 3.8) is 0 Å². The van der Waals surface area contributed by atoms with Crippen LogP contribution in [-0.4, -0.2) is 15.7 Å². The van der Waals surface area contributed by atoms with E-state index >= 15 is 0 Å². The predicted molar refractivity (Wildman–Crippen MR) is 247 cm³/mol. The molecule has 6 aromatic carbocycles. The first kappa shape index (κ1) is 36.9. The number of aryl methyl sites for hydroxylation is 1. The van der Waals surface area contributed by atoms with E-state index in [0.717, 1.165) is 81.7 Å². The lowest BCUT2D eigenvalue weighted by atomic mass is 9.77. The molecule has 4 radical (unpaired) electrons. The minimum absolute atomic E-state index is 0.334. The highest BCUT2D eigenvalue weighted by Gasteiger charge is 2.40. The van der Waals surface area contributed by atoms with Crippen LogP contribution >= 0.6 is 0 Å². The second kappa shape index (κ2) is 14.6. The standard InChI is InChI=1S/C53H48B2N2/c1-33-19-21-37(22-20-33)50-44(43-31-38(23-27-47(43)56)35-13-7-5-8-14-35)29-34(2)30-49(50)57(48-28-24-39(54)32-42(48)36-15-9-6-10-16-36)52-46(55)26-25-41-40-17-11-12-18-45(40)53(3,4)51(41)52/h6,9-13,15-19,21,23-32H,5,7-8,14,20,22,56H2,1-4H3. The zero-order valence-corrected chi connectivity index (χ0v) is 33.6. The van der Waals surface area contributed by atoms with E-state index in [0.29, 0.717) is 5.46 Å². The van der Waals surface area contributed by atoms with E-state index in [4.69, 9.17) is 21.4 Å². The third kappa shape index (κ3) is 6.50. The second-order valence-electron chi connectivity index (χ2n) is 16.8. The number of benzene rings is 6. The highest BCUT2D eigenvalue weighted by Crippen LogP contribution is 2.56. The van der Waals surface area contributed by atoms with Crippen LogP contribution in [0.1, 0.15) is 87.1 Å². The van der Waals surface area contributed by atoms with Crippen molar-refractivity contribution in [2.24, 2.45) is 0 Å². The van der Waals surface area contributed by atoms with E-state index in [1.165, 1.54) is 62.9 Å². The van der Waals surface area contributed by atoms with E-state index in [-0.39, 0.29) is 5.41 Å². The number of rotatable bonds is 7. The highest BCUT2D eigenvalue weighted by atomic mass is 15.2. The molecule has 0 spiro atoms. The summed E-state index contributed by atoms with van der Waals surface area (Å²) in [6, 6.07) is 41.4. The number of nitrogens with two attached hydrogens (primary N) is 1. The molecule has 0 aliphatic heterocycles. The molecule has 2 N–H and O–H groups in total. The number of nitrogen functional groups attached to an aromatic ring is 1. The van der Waals surface area contributed by atoms with Crippen molar-refractivity contribution in [1.29, 1.82) is 0 Å². The average Bonchev–Trinajstić information content (AvgIpc) is 3.46. The van der Waals surface area contributed by atoms with Crippen molar-refractivity contribution in [1.82, 2.24) is 0 Å². The zero-order chi connectivity index (χ0) is 39.4. The van der Waals surface area contributed by atoms with Crippen molar-refractivity contribution in [2.45, 2.75) is 71.6 Å². The molecule has 6 aromatic rings. The van der Waals surface area contributed by atoms with Gasteiger partial charge in [-0.3, -0.25) is 0 Å². The number of hydrogen-bond acceptors (Lipinski definition) is 2. The fourth-order valence-corrected chi connectivity index (χ4v) is 9.60. The van der Waals surface area contributed by atoms with Crippen LogP contribution in [0.2, 0.25) is 0 Å². The molecular formula is C53H48B2N2. The number of fused-ring (bicyclic) bond motifs is 3. The maximum atomic E-state index is 7.39. The largest absolute Gasteiger partial charge is 0.398 e. The molecule has 0 amide bonds. The van der Waals surface area contributed by atoms with Gasteiger partial charge >= 0.3 is 0 Å². The number of allylic oxidation sites excluding steroid dienone is 6. The molecule has 0 fully saturated rings. The van der Waals surface area contributed by atoms with Crippen LogP contribution in [-0.2, 0) is 5.41 Å². The third-order valence-corrected chi connectivity index (χ3v) is 12.5. The van der Waals surface area contributed by atoms with E-state index in [1.54, 1.807) is 0 Å². The summed E-state index contributed by atoms with van der Waals surface area (Å²) in [6.45, 7) is 9.11. The summed E-state index contributed by atoms with van der Waals surface area (Å²) >= 11 is 0. The quantitative estimate of drug-likeness (QED) is 0.131. The van der Waals surface area contributed by atoms with Crippen LogP contribution in [0.5, 0.6) is 0 Å². The van der Waals surface area contributed by atoms with E-state index in [2.05, 4.69) is 160 Å². The summed E-state index contributed by atoms with van der Waals surface area (Å²) in [5.74, 6) is 0. The van der Waals surface area contributed by atoms with Gasteiger partial charge in [0.05, 0.1) is 11.4 Å². The Hall–Kier alpha value is -5.73. The van der Waals surface area contributed by atoms with E-state index in [1.807, 2.05) is 6.07 Å². The molecule has 9 rings (SSSR count). The molecule has 0 saturated carbocycles. The molecule has 0 unspecified atom stereocenters. The fourth-order valence-electron chi connectivity index (χ4n) is 9.60. The summed E-state index contributed by atoms with van der Waals surface area (Å²) in [7, 11) is 14.0.